The summed E-state index contributed by atoms with van der Waals surface area (Å²) in [4.78, 5) is 30.5. The Kier molecular flexibility index (Phi) is 6.47. The summed E-state index contributed by atoms with van der Waals surface area (Å²) < 4.78 is 0. The second-order valence-corrected chi connectivity index (χ2v) is 7.46. The first-order chi connectivity index (χ1) is 13.5. The molecule has 0 N–H and O–H groups in total. The molecule has 1 fully saturated rings. The molecule has 0 spiro atoms. The monoisotopic (exact) mass is 379 g/mol. The minimum atomic E-state index is 0.0646. The Morgan fingerprint density at radius 3 is 2.14 bits per heavy atom. The van der Waals surface area contributed by atoms with Crippen molar-refractivity contribution in [3.8, 4) is 0 Å². The van der Waals surface area contributed by atoms with E-state index in [2.05, 4.69) is 28.9 Å². The number of nitrogens with zero attached hydrogens (tertiary/aromatic N) is 3. The zero-order valence-electron chi connectivity index (χ0n) is 17.0. The van der Waals surface area contributed by atoms with Crippen LogP contribution in [0.5, 0.6) is 0 Å². The lowest BCUT2D eigenvalue weighted by molar-refractivity contribution is -0.133. The summed E-state index contributed by atoms with van der Waals surface area (Å²) in [5.41, 5.74) is 3.02. The molecule has 0 unspecified atom stereocenters. The smallest absolute Gasteiger partial charge is 0.236 e. The predicted octanol–water partition coefficient (Wildman–Crippen LogP) is 3.23. The molecular formula is C23H29N3O2. The molecule has 28 heavy (non-hydrogen) atoms. The minimum Gasteiger partial charge on any atom is -0.369 e. The van der Waals surface area contributed by atoms with E-state index in [1.807, 2.05) is 54.4 Å². The number of carbonyl (C=O) groups excluding carboxylic acids is 2. The number of hydrogen-bond acceptors (Lipinski definition) is 4. The number of piperazine rings is 1. The van der Waals surface area contributed by atoms with Gasteiger partial charge in [-0.2, -0.15) is 0 Å². The number of anilines is 1. The van der Waals surface area contributed by atoms with Gasteiger partial charge < -0.3 is 9.80 Å². The van der Waals surface area contributed by atoms with Crippen LogP contribution in [0.15, 0.2) is 54.6 Å². The van der Waals surface area contributed by atoms with Crippen LogP contribution in [0.3, 0.4) is 0 Å². The highest BCUT2D eigenvalue weighted by Crippen LogP contribution is 2.20. The van der Waals surface area contributed by atoms with E-state index in [1.54, 1.807) is 6.92 Å². The van der Waals surface area contributed by atoms with Crippen molar-refractivity contribution in [1.82, 2.24) is 9.80 Å². The zero-order valence-corrected chi connectivity index (χ0v) is 17.0. The predicted molar refractivity (Wildman–Crippen MR) is 113 cm³/mol. The minimum absolute atomic E-state index is 0.0646. The molecule has 0 radical (unpaired) electrons. The molecule has 1 atom stereocenters. The lowest BCUT2D eigenvalue weighted by atomic mass is 10.1. The molecule has 1 heterocycles. The van der Waals surface area contributed by atoms with Gasteiger partial charge in [0.1, 0.15) is 0 Å². The highest BCUT2D eigenvalue weighted by Gasteiger charge is 2.23. The Labute approximate surface area is 167 Å². The number of likely N-dealkylation sites (N-methyl/N-ethyl adjacent to an activating group) is 1. The fraction of sp³-hybridized carbons (Fsp3) is 0.391. The fourth-order valence-electron chi connectivity index (χ4n) is 3.55. The SMILES string of the molecule is CC(=O)c1ccc(N2CCN(CC(=O)N(C)[C@H](C)c3ccccc3)CC2)cc1. The average molecular weight is 380 g/mol. The third kappa shape index (κ3) is 4.78. The van der Waals surface area contributed by atoms with Crippen molar-refractivity contribution in [3.05, 3.63) is 65.7 Å². The first-order valence-electron chi connectivity index (χ1n) is 9.84. The highest BCUT2D eigenvalue weighted by molar-refractivity contribution is 5.94. The van der Waals surface area contributed by atoms with Gasteiger partial charge in [0.2, 0.25) is 5.91 Å². The number of rotatable bonds is 6. The third-order valence-corrected chi connectivity index (χ3v) is 5.63. The van der Waals surface area contributed by atoms with Crippen molar-refractivity contribution in [3.63, 3.8) is 0 Å². The van der Waals surface area contributed by atoms with Gasteiger partial charge in [0, 0.05) is 44.5 Å². The van der Waals surface area contributed by atoms with Crippen molar-refractivity contribution in [2.24, 2.45) is 0 Å². The molecule has 2 aromatic carbocycles. The van der Waals surface area contributed by atoms with Crippen LogP contribution in [0, 0.1) is 0 Å². The third-order valence-electron chi connectivity index (χ3n) is 5.63. The summed E-state index contributed by atoms with van der Waals surface area (Å²) in [7, 11) is 1.88. The lowest BCUT2D eigenvalue weighted by Crippen LogP contribution is -2.50. The van der Waals surface area contributed by atoms with Crippen LogP contribution < -0.4 is 4.90 Å². The Morgan fingerprint density at radius 1 is 0.964 bits per heavy atom. The van der Waals surface area contributed by atoms with E-state index in [1.165, 1.54) is 0 Å². The van der Waals surface area contributed by atoms with Gasteiger partial charge in [-0.15, -0.1) is 0 Å². The quantitative estimate of drug-likeness (QED) is 0.723. The molecular weight excluding hydrogens is 350 g/mol. The van der Waals surface area contributed by atoms with Crippen LogP contribution in [0.1, 0.15) is 35.8 Å². The van der Waals surface area contributed by atoms with E-state index in [9.17, 15) is 9.59 Å². The van der Waals surface area contributed by atoms with Gasteiger partial charge in [-0.25, -0.2) is 0 Å². The maximum atomic E-state index is 12.7. The molecule has 0 saturated carbocycles. The number of amides is 1. The average Bonchev–Trinajstić information content (AvgIpc) is 2.74. The summed E-state index contributed by atoms with van der Waals surface area (Å²) in [6.45, 7) is 7.57. The maximum absolute atomic E-state index is 12.7. The Balaban J connectivity index is 1.51. The van der Waals surface area contributed by atoms with E-state index in [0.29, 0.717) is 6.54 Å². The molecule has 0 aliphatic carbocycles. The molecule has 1 aliphatic heterocycles. The van der Waals surface area contributed by atoms with E-state index in [4.69, 9.17) is 0 Å². The normalized spacial score (nSPS) is 15.9. The van der Waals surface area contributed by atoms with Crippen molar-refractivity contribution in [1.29, 1.82) is 0 Å². The van der Waals surface area contributed by atoms with Crippen molar-refractivity contribution in [2.45, 2.75) is 19.9 Å². The zero-order chi connectivity index (χ0) is 20.1. The molecule has 0 aromatic heterocycles. The first-order valence-corrected chi connectivity index (χ1v) is 9.84. The van der Waals surface area contributed by atoms with Gasteiger partial charge >= 0.3 is 0 Å². The van der Waals surface area contributed by atoms with Crippen LogP contribution in [-0.4, -0.2) is 61.3 Å². The summed E-state index contributed by atoms with van der Waals surface area (Å²) in [5.74, 6) is 0.236. The molecule has 1 saturated heterocycles. The van der Waals surface area contributed by atoms with Crippen LogP contribution >= 0.6 is 0 Å². The molecule has 3 rings (SSSR count). The van der Waals surface area contributed by atoms with Crippen molar-refractivity contribution >= 4 is 17.4 Å². The van der Waals surface area contributed by atoms with Crippen LogP contribution in [0.4, 0.5) is 5.69 Å². The molecule has 1 aliphatic rings. The topological polar surface area (TPSA) is 43.9 Å². The Bertz CT molecular complexity index is 796. The second-order valence-electron chi connectivity index (χ2n) is 7.46. The second kappa shape index (κ2) is 9.02. The number of hydrogen-bond donors (Lipinski definition) is 0. The maximum Gasteiger partial charge on any atom is 0.236 e. The highest BCUT2D eigenvalue weighted by atomic mass is 16.2. The van der Waals surface area contributed by atoms with Gasteiger partial charge in [0.25, 0.3) is 0 Å². The first kappa shape index (κ1) is 20.1. The van der Waals surface area contributed by atoms with Gasteiger partial charge in [-0.3, -0.25) is 14.5 Å². The number of carbonyl (C=O) groups is 2. The fourth-order valence-corrected chi connectivity index (χ4v) is 3.55. The Morgan fingerprint density at radius 2 is 1.57 bits per heavy atom. The largest absolute Gasteiger partial charge is 0.369 e. The van der Waals surface area contributed by atoms with Crippen LogP contribution in [0.2, 0.25) is 0 Å². The van der Waals surface area contributed by atoms with E-state index in [-0.39, 0.29) is 17.7 Å². The molecule has 148 valence electrons. The standard InChI is InChI=1S/C23H29N3O2/c1-18(20-7-5-4-6-8-20)24(3)23(28)17-25-13-15-26(16-14-25)22-11-9-21(10-12-22)19(2)27/h4-12,18H,13-17H2,1-3H3/t18-/m1/s1. The van der Waals surface area contributed by atoms with E-state index < -0.39 is 0 Å². The molecule has 5 heteroatoms. The molecule has 1 amide bonds. The van der Waals surface area contributed by atoms with Crippen molar-refractivity contribution < 1.29 is 9.59 Å². The lowest BCUT2D eigenvalue weighted by Gasteiger charge is -2.37. The summed E-state index contributed by atoms with van der Waals surface area (Å²) in [5, 5.41) is 0. The van der Waals surface area contributed by atoms with E-state index >= 15 is 0 Å². The summed E-state index contributed by atoms with van der Waals surface area (Å²) in [6, 6.07) is 18.0. The van der Waals surface area contributed by atoms with Crippen molar-refractivity contribution in [2.75, 3.05) is 44.7 Å². The molecule has 5 nitrogen and oxygen atoms in total. The van der Waals surface area contributed by atoms with E-state index in [0.717, 1.165) is 43.0 Å². The molecule has 2 aromatic rings. The summed E-state index contributed by atoms with van der Waals surface area (Å²) in [6.07, 6.45) is 0. The Hall–Kier alpha value is -2.66. The van der Waals surface area contributed by atoms with Crippen LogP contribution in [0.25, 0.3) is 0 Å². The van der Waals surface area contributed by atoms with Gasteiger partial charge in [0.05, 0.1) is 12.6 Å². The number of Topliss-reactive ketones (excluding diaryl/α,β-unsaturated/α-hetero) is 1. The van der Waals surface area contributed by atoms with Gasteiger partial charge in [-0.05, 0) is 43.7 Å². The van der Waals surface area contributed by atoms with Gasteiger partial charge in [0.15, 0.2) is 5.78 Å². The number of ketones is 1. The molecule has 0 bridgehead atoms. The summed E-state index contributed by atoms with van der Waals surface area (Å²) >= 11 is 0. The number of benzene rings is 2. The van der Waals surface area contributed by atoms with Gasteiger partial charge in [-0.1, -0.05) is 30.3 Å². The van der Waals surface area contributed by atoms with Crippen LogP contribution in [-0.2, 0) is 4.79 Å².